The van der Waals surface area contributed by atoms with E-state index in [1.807, 2.05) is 0 Å². The van der Waals surface area contributed by atoms with Gasteiger partial charge in [0, 0.05) is 19.1 Å². The van der Waals surface area contributed by atoms with E-state index in [0.29, 0.717) is 19.0 Å². The Morgan fingerprint density at radius 1 is 1.57 bits per heavy atom. The third kappa shape index (κ3) is 4.58. The first kappa shape index (κ1) is 11.5. The Kier molecular flexibility index (Phi) is 5.56. The number of rotatable bonds is 5. The van der Waals surface area contributed by atoms with Crippen molar-refractivity contribution in [1.29, 1.82) is 0 Å². The van der Waals surface area contributed by atoms with Crippen molar-refractivity contribution >= 4 is 5.97 Å². The van der Waals surface area contributed by atoms with E-state index < -0.39 is 0 Å². The maximum Gasteiger partial charge on any atom is 0.306 e. The molecule has 0 radical (unpaired) electrons. The molecule has 14 heavy (non-hydrogen) atoms. The predicted octanol–water partition coefficient (Wildman–Crippen LogP) is 0.281. The lowest BCUT2D eigenvalue weighted by Gasteiger charge is -2.23. The van der Waals surface area contributed by atoms with Crippen LogP contribution in [0.4, 0.5) is 0 Å². The largest absolute Gasteiger partial charge is 0.469 e. The fourth-order valence-corrected chi connectivity index (χ4v) is 1.67. The van der Waals surface area contributed by atoms with Crippen molar-refractivity contribution in [3.8, 4) is 0 Å². The van der Waals surface area contributed by atoms with Gasteiger partial charge in [0.2, 0.25) is 0 Å². The summed E-state index contributed by atoms with van der Waals surface area (Å²) in [6.45, 7) is 2.80. The summed E-state index contributed by atoms with van der Waals surface area (Å²) >= 11 is 0. The second-order valence-electron chi connectivity index (χ2n) is 3.68. The summed E-state index contributed by atoms with van der Waals surface area (Å²) in [4.78, 5) is 10.8. The average Bonchev–Trinajstić information content (AvgIpc) is 2.25. The van der Waals surface area contributed by atoms with Gasteiger partial charge in [0.1, 0.15) is 0 Å². The Morgan fingerprint density at radius 2 is 2.43 bits per heavy atom. The van der Waals surface area contributed by atoms with E-state index in [2.05, 4.69) is 15.4 Å². The Balaban J connectivity index is 1.94. The summed E-state index contributed by atoms with van der Waals surface area (Å²) in [5.74, 6) is -0.144. The Labute approximate surface area is 85.4 Å². The molecular weight excluding hydrogens is 180 g/mol. The van der Waals surface area contributed by atoms with Gasteiger partial charge in [-0.1, -0.05) is 6.42 Å². The maximum absolute atomic E-state index is 10.8. The van der Waals surface area contributed by atoms with Crippen molar-refractivity contribution in [3.63, 3.8) is 0 Å². The molecule has 0 aliphatic carbocycles. The van der Waals surface area contributed by atoms with Crippen molar-refractivity contribution in [2.75, 3.05) is 26.7 Å². The zero-order valence-electron chi connectivity index (χ0n) is 8.84. The molecule has 0 amide bonds. The molecule has 4 heteroatoms. The Hall–Kier alpha value is -0.610. The lowest BCUT2D eigenvalue weighted by molar-refractivity contribution is -0.140. The second-order valence-corrected chi connectivity index (χ2v) is 3.68. The number of hydrogen-bond acceptors (Lipinski definition) is 4. The highest BCUT2D eigenvalue weighted by atomic mass is 16.5. The quantitative estimate of drug-likeness (QED) is 0.494. The summed E-state index contributed by atoms with van der Waals surface area (Å²) in [6.07, 6.45) is 4.31. The van der Waals surface area contributed by atoms with Crippen LogP contribution < -0.4 is 10.6 Å². The number of esters is 1. The van der Waals surface area contributed by atoms with Crippen LogP contribution in [0.5, 0.6) is 0 Å². The van der Waals surface area contributed by atoms with Gasteiger partial charge in [0.05, 0.1) is 13.5 Å². The standard InChI is InChI=1S/C10H20N2O2/c1-14-10(13)5-7-11-8-9-4-2-3-6-12-9/h9,11-12H,2-8H2,1H3/t9-/m0/s1. The van der Waals surface area contributed by atoms with Gasteiger partial charge in [-0.2, -0.15) is 0 Å². The van der Waals surface area contributed by atoms with Gasteiger partial charge in [-0.3, -0.25) is 4.79 Å². The number of carbonyl (C=O) groups excluding carboxylic acids is 1. The summed E-state index contributed by atoms with van der Waals surface area (Å²) in [7, 11) is 1.42. The molecule has 4 nitrogen and oxygen atoms in total. The van der Waals surface area contributed by atoms with Crippen molar-refractivity contribution < 1.29 is 9.53 Å². The highest BCUT2D eigenvalue weighted by Crippen LogP contribution is 2.05. The van der Waals surface area contributed by atoms with Crippen molar-refractivity contribution in [3.05, 3.63) is 0 Å². The third-order valence-corrected chi connectivity index (χ3v) is 2.54. The minimum atomic E-state index is -0.144. The van der Waals surface area contributed by atoms with Gasteiger partial charge in [-0.05, 0) is 19.4 Å². The fraction of sp³-hybridized carbons (Fsp3) is 0.900. The van der Waals surface area contributed by atoms with E-state index in [-0.39, 0.29) is 5.97 Å². The van der Waals surface area contributed by atoms with E-state index in [0.717, 1.165) is 13.1 Å². The van der Waals surface area contributed by atoms with Gasteiger partial charge in [-0.25, -0.2) is 0 Å². The molecule has 1 aliphatic heterocycles. The maximum atomic E-state index is 10.8. The Morgan fingerprint density at radius 3 is 3.07 bits per heavy atom. The van der Waals surface area contributed by atoms with Gasteiger partial charge in [0.15, 0.2) is 0 Å². The SMILES string of the molecule is COC(=O)CCNC[C@@H]1CCCCN1. The topological polar surface area (TPSA) is 50.4 Å². The van der Waals surface area contributed by atoms with Crippen molar-refractivity contribution in [1.82, 2.24) is 10.6 Å². The van der Waals surface area contributed by atoms with Gasteiger partial charge in [0.25, 0.3) is 0 Å². The monoisotopic (exact) mass is 200 g/mol. The highest BCUT2D eigenvalue weighted by Gasteiger charge is 2.11. The van der Waals surface area contributed by atoms with Crippen LogP contribution in [-0.2, 0) is 9.53 Å². The lowest BCUT2D eigenvalue weighted by Crippen LogP contribution is -2.42. The number of carbonyl (C=O) groups is 1. The van der Waals surface area contributed by atoms with E-state index in [1.165, 1.54) is 26.4 Å². The highest BCUT2D eigenvalue weighted by molar-refractivity contribution is 5.69. The molecule has 1 aliphatic rings. The van der Waals surface area contributed by atoms with Crippen LogP contribution in [0.1, 0.15) is 25.7 Å². The van der Waals surface area contributed by atoms with E-state index in [1.54, 1.807) is 0 Å². The molecule has 0 saturated carbocycles. The fourth-order valence-electron chi connectivity index (χ4n) is 1.67. The van der Waals surface area contributed by atoms with Crippen LogP contribution in [0.2, 0.25) is 0 Å². The molecular formula is C10H20N2O2. The van der Waals surface area contributed by atoms with Crippen LogP contribution in [0.25, 0.3) is 0 Å². The zero-order valence-corrected chi connectivity index (χ0v) is 8.84. The normalized spacial score (nSPS) is 21.9. The molecule has 1 rings (SSSR count). The second kappa shape index (κ2) is 6.79. The first-order chi connectivity index (χ1) is 6.83. The number of methoxy groups -OCH3 is 1. The van der Waals surface area contributed by atoms with Crippen LogP contribution in [-0.4, -0.2) is 38.8 Å². The number of piperidine rings is 1. The predicted molar refractivity (Wildman–Crippen MR) is 55.1 cm³/mol. The molecule has 0 spiro atoms. The molecule has 82 valence electrons. The number of hydrogen-bond donors (Lipinski definition) is 2. The molecule has 0 bridgehead atoms. The summed E-state index contributed by atoms with van der Waals surface area (Å²) in [6, 6.07) is 0.585. The van der Waals surface area contributed by atoms with Crippen LogP contribution in [0, 0.1) is 0 Å². The van der Waals surface area contributed by atoms with Crippen LogP contribution in [0.3, 0.4) is 0 Å². The van der Waals surface area contributed by atoms with Crippen LogP contribution in [0.15, 0.2) is 0 Å². The number of ether oxygens (including phenoxy) is 1. The molecule has 1 fully saturated rings. The van der Waals surface area contributed by atoms with Crippen molar-refractivity contribution in [2.45, 2.75) is 31.7 Å². The van der Waals surface area contributed by atoms with E-state index in [4.69, 9.17) is 0 Å². The smallest absolute Gasteiger partial charge is 0.306 e. The van der Waals surface area contributed by atoms with Gasteiger partial charge >= 0.3 is 5.97 Å². The molecule has 0 unspecified atom stereocenters. The molecule has 1 heterocycles. The minimum absolute atomic E-state index is 0.144. The first-order valence-corrected chi connectivity index (χ1v) is 5.34. The van der Waals surface area contributed by atoms with Crippen molar-refractivity contribution in [2.24, 2.45) is 0 Å². The average molecular weight is 200 g/mol. The van der Waals surface area contributed by atoms with E-state index in [9.17, 15) is 4.79 Å². The summed E-state index contributed by atoms with van der Waals surface area (Å²) in [5.41, 5.74) is 0. The molecule has 0 aromatic heterocycles. The molecule has 0 aromatic rings. The number of nitrogens with one attached hydrogen (secondary N) is 2. The summed E-state index contributed by atoms with van der Waals surface area (Å²) in [5, 5.41) is 6.70. The molecule has 2 N–H and O–H groups in total. The van der Waals surface area contributed by atoms with Gasteiger partial charge in [-0.15, -0.1) is 0 Å². The molecule has 1 saturated heterocycles. The van der Waals surface area contributed by atoms with Gasteiger partial charge < -0.3 is 15.4 Å². The molecule has 1 atom stereocenters. The third-order valence-electron chi connectivity index (χ3n) is 2.54. The minimum Gasteiger partial charge on any atom is -0.469 e. The van der Waals surface area contributed by atoms with Crippen LogP contribution >= 0.6 is 0 Å². The lowest BCUT2D eigenvalue weighted by atomic mass is 10.1. The Bertz CT molecular complexity index is 168. The zero-order chi connectivity index (χ0) is 10.2. The molecule has 0 aromatic carbocycles. The summed E-state index contributed by atoms with van der Waals surface area (Å²) < 4.78 is 4.55. The first-order valence-electron chi connectivity index (χ1n) is 5.34. The van der Waals surface area contributed by atoms with E-state index >= 15 is 0 Å².